The Morgan fingerprint density at radius 1 is 1.24 bits per heavy atom. The summed E-state index contributed by atoms with van der Waals surface area (Å²) in [5.41, 5.74) is 1.40. The molecule has 1 N–H and O–H groups in total. The van der Waals surface area contributed by atoms with Crippen molar-refractivity contribution in [3.63, 3.8) is 0 Å². The predicted molar refractivity (Wildman–Crippen MR) is 72.0 cm³/mol. The standard InChI is InChI=1S/C13H20BrN3/c14-13-11-7-3-4-8-17(11)12(16-13)9-15-10-5-1-2-6-10/h10,15H,1-9H2. The molecule has 0 bridgehead atoms. The van der Waals surface area contributed by atoms with Crippen molar-refractivity contribution in [2.75, 3.05) is 0 Å². The van der Waals surface area contributed by atoms with Crippen LogP contribution in [0.4, 0.5) is 0 Å². The molecule has 1 aromatic heterocycles. The third kappa shape index (κ3) is 2.43. The molecule has 1 aliphatic heterocycles. The largest absolute Gasteiger partial charge is 0.330 e. The Morgan fingerprint density at radius 2 is 2.06 bits per heavy atom. The Bertz CT molecular complexity index is 394. The molecule has 0 unspecified atom stereocenters. The Morgan fingerprint density at radius 3 is 2.88 bits per heavy atom. The molecule has 1 saturated carbocycles. The van der Waals surface area contributed by atoms with E-state index >= 15 is 0 Å². The maximum absolute atomic E-state index is 4.67. The van der Waals surface area contributed by atoms with E-state index < -0.39 is 0 Å². The molecule has 0 spiro atoms. The minimum atomic E-state index is 0.727. The number of aromatic nitrogens is 2. The molecule has 0 saturated heterocycles. The van der Waals surface area contributed by atoms with Crippen molar-refractivity contribution in [2.24, 2.45) is 0 Å². The highest BCUT2D eigenvalue weighted by Crippen LogP contribution is 2.25. The predicted octanol–water partition coefficient (Wildman–Crippen LogP) is 3.01. The number of hydrogen-bond acceptors (Lipinski definition) is 2. The van der Waals surface area contributed by atoms with Gasteiger partial charge in [0.25, 0.3) is 0 Å². The van der Waals surface area contributed by atoms with E-state index in [0.29, 0.717) is 0 Å². The van der Waals surface area contributed by atoms with Crippen LogP contribution in [0.2, 0.25) is 0 Å². The zero-order chi connectivity index (χ0) is 11.7. The summed E-state index contributed by atoms with van der Waals surface area (Å²) in [6.07, 6.45) is 9.24. The van der Waals surface area contributed by atoms with Crippen molar-refractivity contribution >= 4 is 15.9 Å². The smallest absolute Gasteiger partial charge is 0.127 e. The Hall–Kier alpha value is -0.350. The minimum Gasteiger partial charge on any atom is -0.330 e. The van der Waals surface area contributed by atoms with E-state index in [1.54, 1.807) is 0 Å². The number of rotatable bonds is 3. The van der Waals surface area contributed by atoms with Crippen molar-refractivity contribution < 1.29 is 0 Å². The highest BCUT2D eigenvalue weighted by Gasteiger charge is 2.20. The van der Waals surface area contributed by atoms with Crippen LogP contribution >= 0.6 is 15.9 Å². The van der Waals surface area contributed by atoms with Gasteiger partial charge in [-0.25, -0.2) is 4.98 Å². The van der Waals surface area contributed by atoms with E-state index in [1.807, 2.05) is 0 Å². The van der Waals surface area contributed by atoms with Gasteiger partial charge in [-0.15, -0.1) is 0 Å². The summed E-state index contributed by atoms with van der Waals surface area (Å²) < 4.78 is 3.48. The van der Waals surface area contributed by atoms with Crippen LogP contribution in [0.25, 0.3) is 0 Å². The fourth-order valence-corrected chi connectivity index (χ4v) is 3.69. The van der Waals surface area contributed by atoms with E-state index in [2.05, 4.69) is 30.8 Å². The number of imidazole rings is 1. The second-order valence-electron chi connectivity index (χ2n) is 5.24. The highest BCUT2D eigenvalue weighted by atomic mass is 79.9. The molecule has 94 valence electrons. The number of fused-ring (bicyclic) bond motifs is 1. The number of nitrogens with zero attached hydrogens (tertiary/aromatic N) is 2. The number of halogens is 1. The van der Waals surface area contributed by atoms with Gasteiger partial charge in [0.05, 0.1) is 12.2 Å². The van der Waals surface area contributed by atoms with Crippen molar-refractivity contribution in [2.45, 2.75) is 64.1 Å². The molecule has 0 radical (unpaired) electrons. The molecule has 3 rings (SSSR count). The van der Waals surface area contributed by atoms with E-state index in [9.17, 15) is 0 Å². The summed E-state index contributed by atoms with van der Waals surface area (Å²) in [6.45, 7) is 2.08. The first-order valence-electron chi connectivity index (χ1n) is 6.82. The number of nitrogens with one attached hydrogen (secondary N) is 1. The molecular weight excluding hydrogens is 278 g/mol. The first-order chi connectivity index (χ1) is 8.34. The normalized spacial score (nSPS) is 20.8. The third-order valence-corrected chi connectivity index (χ3v) is 4.69. The SMILES string of the molecule is Brc1nc(CNC2CCCC2)n2c1CCCC2. The first-order valence-corrected chi connectivity index (χ1v) is 7.61. The fourth-order valence-electron chi connectivity index (χ4n) is 3.07. The summed E-state index contributed by atoms with van der Waals surface area (Å²) in [5.74, 6) is 1.22. The molecule has 0 aromatic carbocycles. The van der Waals surface area contributed by atoms with Crippen molar-refractivity contribution in [1.82, 2.24) is 14.9 Å². The molecule has 2 heterocycles. The van der Waals surface area contributed by atoms with E-state index in [1.165, 1.54) is 56.5 Å². The monoisotopic (exact) mass is 297 g/mol. The van der Waals surface area contributed by atoms with Crippen LogP contribution in [0.15, 0.2) is 4.60 Å². The lowest BCUT2D eigenvalue weighted by Crippen LogP contribution is -2.27. The lowest BCUT2D eigenvalue weighted by atomic mass is 10.1. The van der Waals surface area contributed by atoms with Gasteiger partial charge in [-0.2, -0.15) is 0 Å². The number of hydrogen-bond donors (Lipinski definition) is 1. The molecule has 1 fully saturated rings. The molecule has 1 aliphatic carbocycles. The van der Waals surface area contributed by atoms with Crippen LogP contribution in [0.3, 0.4) is 0 Å². The van der Waals surface area contributed by atoms with Crippen LogP contribution < -0.4 is 5.32 Å². The Labute approximate surface area is 111 Å². The van der Waals surface area contributed by atoms with Gasteiger partial charge in [-0.1, -0.05) is 12.8 Å². The minimum absolute atomic E-state index is 0.727. The Balaban J connectivity index is 1.69. The summed E-state index contributed by atoms with van der Waals surface area (Å²) in [7, 11) is 0. The van der Waals surface area contributed by atoms with Crippen LogP contribution in [-0.4, -0.2) is 15.6 Å². The maximum Gasteiger partial charge on any atom is 0.127 e. The van der Waals surface area contributed by atoms with Crippen LogP contribution in [0, 0.1) is 0 Å². The molecule has 0 amide bonds. The second kappa shape index (κ2) is 5.11. The topological polar surface area (TPSA) is 29.9 Å². The maximum atomic E-state index is 4.67. The molecule has 17 heavy (non-hydrogen) atoms. The van der Waals surface area contributed by atoms with Gasteiger partial charge in [-0.05, 0) is 48.0 Å². The van der Waals surface area contributed by atoms with Crippen molar-refractivity contribution in [3.8, 4) is 0 Å². The van der Waals surface area contributed by atoms with E-state index in [0.717, 1.165) is 23.7 Å². The fraction of sp³-hybridized carbons (Fsp3) is 0.769. The van der Waals surface area contributed by atoms with Gasteiger partial charge >= 0.3 is 0 Å². The average molecular weight is 298 g/mol. The zero-order valence-corrected chi connectivity index (χ0v) is 11.8. The van der Waals surface area contributed by atoms with E-state index in [-0.39, 0.29) is 0 Å². The lowest BCUT2D eigenvalue weighted by Gasteiger charge is -2.18. The molecular formula is C13H20BrN3. The quantitative estimate of drug-likeness (QED) is 0.929. The average Bonchev–Trinajstić information content (AvgIpc) is 2.96. The Kier molecular flexibility index (Phi) is 3.52. The van der Waals surface area contributed by atoms with Gasteiger partial charge in [0.15, 0.2) is 0 Å². The second-order valence-corrected chi connectivity index (χ2v) is 5.99. The molecule has 0 atom stereocenters. The molecule has 1 aromatic rings. The van der Waals surface area contributed by atoms with Crippen molar-refractivity contribution in [1.29, 1.82) is 0 Å². The van der Waals surface area contributed by atoms with Gasteiger partial charge in [0.1, 0.15) is 10.4 Å². The lowest BCUT2D eigenvalue weighted by molar-refractivity contribution is 0.471. The van der Waals surface area contributed by atoms with Gasteiger partial charge in [-0.3, -0.25) is 0 Å². The zero-order valence-electron chi connectivity index (χ0n) is 10.2. The van der Waals surface area contributed by atoms with Gasteiger partial charge < -0.3 is 9.88 Å². The summed E-state index contributed by atoms with van der Waals surface area (Å²) in [5, 5.41) is 3.66. The summed E-state index contributed by atoms with van der Waals surface area (Å²) >= 11 is 3.60. The van der Waals surface area contributed by atoms with Crippen molar-refractivity contribution in [3.05, 3.63) is 16.1 Å². The summed E-state index contributed by atoms with van der Waals surface area (Å²) in [6, 6.07) is 0.727. The first kappa shape index (κ1) is 11.7. The van der Waals surface area contributed by atoms with Crippen LogP contribution in [0.1, 0.15) is 50.0 Å². The highest BCUT2D eigenvalue weighted by molar-refractivity contribution is 9.10. The van der Waals surface area contributed by atoms with Gasteiger partial charge in [0.2, 0.25) is 0 Å². The van der Waals surface area contributed by atoms with Crippen LogP contribution in [0.5, 0.6) is 0 Å². The van der Waals surface area contributed by atoms with Gasteiger partial charge in [0, 0.05) is 12.6 Å². The van der Waals surface area contributed by atoms with E-state index in [4.69, 9.17) is 0 Å². The molecule has 3 nitrogen and oxygen atoms in total. The third-order valence-electron chi connectivity index (χ3n) is 4.05. The summed E-state index contributed by atoms with van der Waals surface area (Å²) in [4.78, 5) is 4.67. The van der Waals surface area contributed by atoms with Crippen LogP contribution in [-0.2, 0) is 19.5 Å². The molecule has 4 heteroatoms. The molecule has 2 aliphatic rings.